The van der Waals surface area contributed by atoms with E-state index in [-0.39, 0.29) is 35.7 Å². The van der Waals surface area contributed by atoms with E-state index in [1.54, 1.807) is 29.6 Å². The molecule has 0 saturated carbocycles. The lowest BCUT2D eigenvalue weighted by atomic mass is 9.97. The molecule has 0 radical (unpaired) electrons. The largest absolute Gasteiger partial charge is 0.361 e. The molecule has 204 valence electrons. The third kappa shape index (κ3) is 6.38. The number of likely N-dealkylation sites (tertiary alicyclic amines) is 1. The van der Waals surface area contributed by atoms with Crippen LogP contribution in [0.2, 0.25) is 0 Å². The number of rotatable bonds is 9. The highest BCUT2D eigenvalue weighted by atomic mass is 32.2. The van der Waals surface area contributed by atoms with Crippen LogP contribution in [0.25, 0.3) is 10.9 Å². The standard InChI is InChI=1S/C28H31N5O4S2/c1-19-6-8-22(9-7-19)39(36,37)31-13-12-29-27(35)25-18-38-28(32-25)20-10-14-33(15-11-20)26(34)16-21-17-30-24-5-3-2-4-23(21)24/h2-9,17-18,20,30-31H,10-16H2,1H3,(H,29,35). The topological polar surface area (TPSA) is 124 Å². The lowest BCUT2D eigenvalue weighted by Crippen LogP contribution is -2.38. The number of benzene rings is 2. The minimum absolute atomic E-state index is 0.0734. The number of amides is 2. The van der Waals surface area contributed by atoms with Crippen molar-refractivity contribution in [2.45, 2.75) is 37.0 Å². The molecule has 9 nitrogen and oxygen atoms in total. The first kappa shape index (κ1) is 27.0. The van der Waals surface area contributed by atoms with Gasteiger partial charge in [-0.2, -0.15) is 0 Å². The van der Waals surface area contributed by atoms with Gasteiger partial charge in [-0.15, -0.1) is 11.3 Å². The van der Waals surface area contributed by atoms with Crippen molar-refractivity contribution < 1.29 is 18.0 Å². The SMILES string of the molecule is Cc1ccc(S(=O)(=O)NCCNC(=O)c2csc(C3CCN(C(=O)Cc4c[nH]c5ccccc45)CC3)n2)cc1. The van der Waals surface area contributed by atoms with Crippen LogP contribution in [0, 0.1) is 6.92 Å². The molecular formula is C28H31N5O4S2. The van der Waals surface area contributed by atoms with Gasteiger partial charge < -0.3 is 15.2 Å². The average Bonchev–Trinajstić information content (AvgIpc) is 3.60. The molecule has 1 saturated heterocycles. The highest BCUT2D eigenvalue weighted by Gasteiger charge is 2.27. The molecule has 2 aromatic heterocycles. The van der Waals surface area contributed by atoms with Crippen molar-refractivity contribution in [2.24, 2.45) is 0 Å². The molecule has 0 spiro atoms. The number of hydrogen-bond acceptors (Lipinski definition) is 6. The lowest BCUT2D eigenvalue weighted by molar-refractivity contribution is -0.131. The molecule has 3 heterocycles. The smallest absolute Gasteiger partial charge is 0.270 e. The molecule has 2 amide bonds. The zero-order valence-electron chi connectivity index (χ0n) is 21.6. The van der Waals surface area contributed by atoms with Crippen molar-refractivity contribution in [3.63, 3.8) is 0 Å². The van der Waals surface area contributed by atoms with Crippen molar-refractivity contribution in [1.29, 1.82) is 0 Å². The first-order valence-electron chi connectivity index (χ1n) is 12.9. The van der Waals surface area contributed by atoms with Gasteiger partial charge in [-0.05, 0) is 43.5 Å². The number of thiazole rings is 1. The van der Waals surface area contributed by atoms with Crippen LogP contribution in [0.4, 0.5) is 0 Å². The summed E-state index contributed by atoms with van der Waals surface area (Å²) >= 11 is 1.45. The maximum Gasteiger partial charge on any atom is 0.270 e. The van der Waals surface area contributed by atoms with E-state index in [4.69, 9.17) is 0 Å². The van der Waals surface area contributed by atoms with E-state index < -0.39 is 10.0 Å². The number of nitrogens with one attached hydrogen (secondary N) is 3. The van der Waals surface area contributed by atoms with Crippen LogP contribution in [-0.2, 0) is 21.2 Å². The predicted molar refractivity (Wildman–Crippen MR) is 151 cm³/mol. The van der Waals surface area contributed by atoms with Crippen LogP contribution in [0.1, 0.15) is 45.4 Å². The van der Waals surface area contributed by atoms with E-state index in [0.29, 0.717) is 25.2 Å². The molecular weight excluding hydrogens is 534 g/mol. The van der Waals surface area contributed by atoms with Crippen molar-refractivity contribution >= 4 is 44.1 Å². The van der Waals surface area contributed by atoms with Gasteiger partial charge in [0.15, 0.2) is 0 Å². The van der Waals surface area contributed by atoms with Crippen LogP contribution in [0.3, 0.4) is 0 Å². The van der Waals surface area contributed by atoms with Gasteiger partial charge >= 0.3 is 0 Å². The number of aromatic nitrogens is 2. The minimum atomic E-state index is -3.63. The number of para-hydroxylation sites is 1. The summed E-state index contributed by atoms with van der Waals surface area (Å²) in [5, 5.41) is 6.43. The zero-order chi connectivity index (χ0) is 27.4. The Bertz CT molecular complexity index is 1570. The Balaban J connectivity index is 1.07. The minimum Gasteiger partial charge on any atom is -0.361 e. The molecule has 1 fully saturated rings. The molecule has 0 unspecified atom stereocenters. The molecule has 1 aliphatic rings. The third-order valence-electron chi connectivity index (χ3n) is 7.00. The fourth-order valence-corrected chi connectivity index (χ4v) is 6.76. The fraction of sp³-hybridized carbons (Fsp3) is 0.321. The van der Waals surface area contributed by atoms with Crippen LogP contribution >= 0.6 is 11.3 Å². The first-order chi connectivity index (χ1) is 18.8. The van der Waals surface area contributed by atoms with E-state index >= 15 is 0 Å². The number of piperidine rings is 1. The summed E-state index contributed by atoms with van der Waals surface area (Å²) in [5.74, 6) is -0.0104. The number of sulfonamides is 1. The van der Waals surface area contributed by atoms with Gasteiger partial charge in [0.2, 0.25) is 15.9 Å². The molecule has 2 aromatic carbocycles. The van der Waals surface area contributed by atoms with Crippen LogP contribution in [-0.4, -0.2) is 61.3 Å². The summed E-state index contributed by atoms with van der Waals surface area (Å²) < 4.78 is 27.2. The fourth-order valence-electron chi connectivity index (χ4n) is 4.76. The average molecular weight is 566 g/mol. The molecule has 0 bridgehead atoms. The number of H-pyrrole nitrogens is 1. The second-order valence-electron chi connectivity index (χ2n) is 9.73. The van der Waals surface area contributed by atoms with Gasteiger partial charge in [0.05, 0.1) is 16.3 Å². The molecule has 11 heteroatoms. The van der Waals surface area contributed by atoms with Gasteiger partial charge in [-0.1, -0.05) is 35.9 Å². The summed E-state index contributed by atoms with van der Waals surface area (Å²) in [6.45, 7) is 3.43. The van der Waals surface area contributed by atoms with Gasteiger partial charge in [-0.3, -0.25) is 9.59 Å². The van der Waals surface area contributed by atoms with E-state index in [9.17, 15) is 18.0 Å². The summed E-state index contributed by atoms with van der Waals surface area (Å²) in [6.07, 6.45) is 3.89. The van der Waals surface area contributed by atoms with Gasteiger partial charge in [0, 0.05) is 54.6 Å². The number of carbonyl (C=O) groups excluding carboxylic acids is 2. The Morgan fingerprint density at radius 3 is 2.59 bits per heavy atom. The lowest BCUT2D eigenvalue weighted by Gasteiger charge is -2.31. The van der Waals surface area contributed by atoms with E-state index in [1.165, 1.54) is 11.3 Å². The molecule has 39 heavy (non-hydrogen) atoms. The number of nitrogens with zero attached hydrogens (tertiary/aromatic N) is 2. The zero-order valence-corrected chi connectivity index (χ0v) is 23.3. The third-order valence-corrected chi connectivity index (χ3v) is 9.49. The number of fused-ring (bicyclic) bond motifs is 1. The highest BCUT2D eigenvalue weighted by Crippen LogP contribution is 2.31. The molecule has 1 aliphatic heterocycles. The molecule has 5 rings (SSSR count). The Morgan fingerprint density at radius 1 is 1.08 bits per heavy atom. The summed E-state index contributed by atoms with van der Waals surface area (Å²) in [7, 11) is -3.63. The van der Waals surface area contributed by atoms with Crippen LogP contribution in [0.5, 0.6) is 0 Å². The Hall–Kier alpha value is -3.54. The van der Waals surface area contributed by atoms with E-state index in [2.05, 4.69) is 20.0 Å². The Labute approximate surface area is 231 Å². The van der Waals surface area contributed by atoms with Crippen LogP contribution in [0.15, 0.2) is 65.0 Å². The quantitative estimate of drug-likeness (QED) is 0.268. The Morgan fingerprint density at radius 2 is 1.82 bits per heavy atom. The van der Waals surface area contributed by atoms with Crippen molar-refractivity contribution in [3.05, 3.63) is 81.9 Å². The maximum absolute atomic E-state index is 12.9. The van der Waals surface area contributed by atoms with Crippen molar-refractivity contribution in [2.75, 3.05) is 26.2 Å². The number of aryl methyl sites for hydroxylation is 1. The first-order valence-corrected chi connectivity index (χ1v) is 15.3. The van der Waals surface area contributed by atoms with Gasteiger partial charge in [0.25, 0.3) is 5.91 Å². The predicted octanol–water partition coefficient (Wildman–Crippen LogP) is 3.59. The van der Waals surface area contributed by atoms with Crippen LogP contribution < -0.4 is 10.0 Å². The number of aromatic amines is 1. The molecule has 4 aromatic rings. The normalized spacial score (nSPS) is 14.5. The van der Waals surface area contributed by atoms with Crippen molar-refractivity contribution in [1.82, 2.24) is 24.9 Å². The van der Waals surface area contributed by atoms with E-state index in [0.717, 1.165) is 39.9 Å². The van der Waals surface area contributed by atoms with Crippen molar-refractivity contribution in [3.8, 4) is 0 Å². The Kier molecular flexibility index (Phi) is 8.10. The number of hydrogen-bond donors (Lipinski definition) is 3. The van der Waals surface area contributed by atoms with Gasteiger partial charge in [0.1, 0.15) is 5.69 Å². The highest BCUT2D eigenvalue weighted by molar-refractivity contribution is 7.89. The maximum atomic E-state index is 12.9. The second kappa shape index (κ2) is 11.7. The summed E-state index contributed by atoms with van der Waals surface area (Å²) in [5.41, 5.74) is 3.35. The molecule has 0 aliphatic carbocycles. The monoisotopic (exact) mass is 565 g/mol. The van der Waals surface area contributed by atoms with E-state index in [1.807, 2.05) is 42.3 Å². The second-order valence-corrected chi connectivity index (χ2v) is 12.4. The molecule has 3 N–H and O–H groups in total. The number of carbonyl (C=O) groups is 2. The summed E-state index contributed by atoms with van der Waals surface area (Å²) in [4.78, 5) is 35.4. The summed E-state index contributed by atoms with van der Waals surface area (Å²) in [6, 6.07) is 14.6. The van der Waals surface area contributed by atoms with Gasteiger partial charge in [-0.25, -0.2) is 18.1 Å². The molecule has 0 atom stereocenters.